The Balaban J connectivity index is 1.91. The number of benzene rings is 1. The highest BCUT2D eigenvalue weighted by Gasteiger charge is 2.10. The maximum Gasteiger partial charge on any atom is 0.338 e. The van der Waals surface area contributed by atoms with Gasteiger partial charge in [0.05, 0.1) is 12.2 Å². The van der Waals surface area contributed by atoms with E-state index >= 15 is 0 Å². The van der Waals surface area contributed by atoms with Gasteiger partial charge < -0.3 is 13.9 Å². The molecule has 24 heavy (non-hydrogen) atoms. The van der Waals surface area contributed by atoms with Crippen LogP contribution in [0.3, 0.4) is 0 Å². The number of hydrogen-bond donors (Lipinski definition) is 0. The topological polar surface area (TPSA) is 65.7 Å². The molecule has 1 aromatic carbocycles. The third-order valence-electron chi connectivity index (χ3n) is 3.44. The smallest absolute Gasteiger partial charge is 0.338 e. The van der Waals surface area contributed by atoms with E-state index in [2.05, 4.69) is 13.8 Å². The van der Waals surface area contributed by atoms with E-state index in [9.17, 15) is 9.59 Å². The molecule has 0 atom stereocenters. The Labute approximate surface area is 141 Å². The van der Waals surface area contributed by atoms with Gasteiger partial charge in [0.25, 0.3) is 0 Å². The normalized spacial score (nSPS) is 10.7. The summed E-state index contributed by atoms with van der Waals surface area (Å²) in [6.07, 6.45) is 2.12. The van der Waals surface area contributed by atoms with Gasteiger partial charge in [0.2, 0.25) is 11.2 Å². The quantitative estimate of drug-likeness (QED) is 0.724. The zero-order chi connectivity index (χ0) is 17.5. The van der Waals surface area contributed by atoms with Gasteiger partial charge in [-0.15, -0.1) is 0 Å². The minimum absolute atomic E-state index is 0.103. The van der Waals surface area contributed by atoms with E-state index in [1.807, 2.05) is 19.1 Å². The molecule has 0 saturated carbocycles. The summed E-state index contributed by atoms with van der Waals surface area (Å²) in [4.78, 5) is 23.9. The molecule has 1 aromatic heterocycles. The Morgan fingerprint density at radius 1 is 1.21 bits per heavy atom. The van der Waals surface area contributed by atoms with Crippen LogP contribution in [-0.4, -0.2) is 12.6 Å². The molecule has 0 amide bonds. The molecule has 0 spiro atoms. The second-order valence-corrected chi connectivity index (χ2v) is 6.05. The van der Waals surface area contributed by atoms with Gasteiger partial charge in [0.1, 0.15) is 18.6 Å². The first-order chi connectivity index (χ1) is 11.5. The van der Waals surface area contributed by atoms with Crippen molar-refractivity contribution in [2.75, 3.05) is 6.61 Å². The summed E-state index contributed by atoms with van der Waals surface area (Å²) < 4.78 is 15.8. The molecule has 1 heterocycles. The first kappa shape index (κ1) is 17.8. The molecule has 0 aliphatic carbocycles. The highest BCUT2D eigenvalue weighted by atomic mass is 16.5. The molecule has 0 aliphatic heterocycles. The van der Waals surface area contributed by atoms with Crippen LogP contribution in [0, 0.1) is 12.8 Å². The third kappa shape index (κ3) is 5.26. The fourth-order valence-corrected chi connectivity index (χ4v) is 1.93. The molecule has 0 saturated heterocycles. The van der Waals surface area contributed by atoms with Crippen molar-refractivity contribution in [3.05, 3.63) is 63.7 Å². The van der Waals surface area contributed by atoms with Crippen molar-refractivity contribution in [3.8, 4) is 5.75 Å². The first-order valence-corrected chi connectivity index (χ1v) is 7.94. The summed E-state index contributed by atoms with van der Waals surface area (Å²) in [5.74, 6) is 0.480. The van der Waals surface area contributed by atoms with Crippen molar-refractivity contribution in [2.45, 2.75) is 33.8 Å². The molecular formula is C19H22O5. The first-order valence-electron chi connectivity index (χ1n) is 7.94. The lowest BCUT2D eigenvalue weighted by molar-refractivity contribution is 0.0442. The highest BCUT2D eigenvalue weighted by Crippen LogP contribution is 2.10. The summed E-state index contributed by atoms with van der Waals surface area (Å²) in [5, 5.41) is 0. The monoisotopic (exact) mass is 330 g/mol. The second kappa shape index (κ2) is 8.34. The van der Waals surface area contributed by atoms with Crippen LogP contribution in [0.1, 0.15) is 41.9 Å². The molecule has 2 rings (SSSR count). The van der Waals surface area contributed by atoms with Crippen LogP contribution in [0.25, 0.3) is 0 Å². The molecule has 0 bridgehead atoms. The van der Waals surface area contributed by atoms with Crippen molar-refractivity contribution in [1.29, 1.82) is 0 Å². The van der Waals surface area contributed by atoms with Crippen LogP contribution in [0.15, 0.2) is 45.8 Å². The van der Waals surface area contributed by atoms with Crippen LogP contribution >= 0.6 is 0 Å². The molecular weight excluding hydrogens is 308 g/mol. The average molecular weight is 330 g/mol. The van der Waals surface area contributed by atoms with E-state index in [0.717, 1.165) is 12.0 Å². The Morgan fingerprint density at radius 2 is 1.92 bits per heavy atom. The largest absolute Gasteiger partial charge is 0.487 e. The van der Waals surface area contributed by atoms with Crippen LogP contribution in [0.2, 0.25) is 0 Å². The van der Waals surface area contributed by atoms with Gasteiger partial charge in [-0.3, -0.25) is 4.79 Å². The van der Waals surface area contributed by atoms with Crippen LogP contribution in [0.4, 0.5) is 0 Å². The molecule has 5 nitrogen and oxygen atoms in total. The number of carbonyl (C=O) groups is 1. The number of ether oxygens (including phenoxy) is 2. The fraction of sp³-hybridized carbons (Fsp3) is 0.368. The van der Waals surface area contributed by atoms with Gasteiger partial charge in [0.15, 0.2) is 0 Å². The van der Waals surface area contributed by atoms with E-state index in [1.54, 1.807) is 12.1 Å². The fourth-order valence-electron chi connectivity index (χ4n) is 1.93. The van der Waals surface area contributed by atoms with E-state index in [-0.39, 0.29) is 23.5 Å². The summed E-state index contributed by atoms with van der Waals surface area (Å²) in [6.45, 7) is 6.46. The summed E-state index contributed by atoms with van der Waals surface area (Å²) in [7, 11) is 0. The summed E-state index contributed by atoms with van der Waals surface area (Å²) in [5.41, 5.74) is 1.23. The lowest BCUT2D eigenvalue weighted by Gasteiger charge is -2.08. The zero-order valence-corrected chi connectivity index (χ0v) is 14.2. The van der Waals surface area contributed by atoms with Gasteiger partial charge >= 0.3 is 5.97 Å². The maximum absolute atomic E-state index is 11.9. The number of rotatable bonds is 7. The lowest BCUT2D eigenvalue weighted by Crippen LogP contribution is -2.11. The van der Waals surface area contributed by atoms with E-state index in [1.165, 1.54) is 12.3 Å². The van der Waals surface area contributed by atoms with Crippen LogP contribution in [0.5, 0.6) is 5.75 Å². The van der Waals surface area contributed by atoms with Crippen molar-refractivity contribution in [2.24, 2.45) is 5.92 Å². The van der Waals surface area contributed by atoms with E-state index in [0.29, 0.717) is 18.1 Å². The van der Waals surface area contributed by atoms with Gasteiger partial charge in [-0.2, -0.15) is 0 Å². The highest BCUT2D eigenvalue weighted by molar-refractivity contribution is 5.89. The molecule has 0 radical (unpaired) electrons. The van der Waals surface area contributed by atoms with Gasteiger partial charge in [-0.05, 0) is 31.4 Å². The SMILES string of the molecule is Cc1ccc(C(=O)OCc2cc(=O)c(OCCC(C)C)co2)cc1. The van der Waals surface area contributed by atoms with E-state index < -0.39 is 5.97 Å². The number of hydrogen-bond acceptors (Lipinski definition) is 5. The molecule has 0 aliphatic rings. The number of aryl methyl sites for hydroxylation is 1. The number of carbonyl (C=O) groups excluding carboxylic acids is 1. The van der Waals surface area contributed by atoms with Crippen molar-refractivity contribution in [1.82, 2.24) is 0 Å². The molecule has 128 valence electrons. The van der Waals surface area contributed by atoms with Crippen LogP contribution < -0.4 is 10.2 Å². The van der Waals surface area contributed by atoms with Gasteiger partial charge in [-0.25, -0.2) is 4.79 Å². The van der Waals surface area contributed by atoms with Crippen LogP contribution in [-0.2, 0) is 11.3 Å². The average Bonchev–Trinajstić information content (AvgIpc) is 2.55. The molecule has 0 fully saturated rings. The Bertz CT molecular complexity index is 728. The molecule has 0 N–H and O–H groups in total. The summed E-state index contributed by atoms with van der Waals surface area (Å²) in [6, 6.07) is 8.34. The second-order valence-electron chi connectivity index (χ2n) is 6.05. The predicted molar refractivity (Wildman–Crippen MR) is 90.2 cm³/mol. The Kier molecular flexibility index (Phi) is 6.18. The lowest BCUT2D eigenvalue weighted by atomic mass is 10.1. The molecule has 5 heteroatoms. The predicted octanol–water partition coefficient (Wildman–Crippen LogP) is 3.73. The molecule has 0 unspecified atom stereocenters. The number of esters is 1. The zero-order valence-electron chi connectivity index (χ0n) is 14.2. The van der Waals surface area contributed by atoms with Gasteiger partial charge in [0, 0.05) is 6.07 Å². The third-order valence-corrected chi connectivity index (χ3v) is 3.44. The molecule has 2 aromatic rings. The maximum atomic E-state index is 11.9. The van der Waals surface area contributed by atoms with Gasteiger partial charge in [-0.1, -0.05) is 31.5 Å². The van der Waals surface area contributed by atoms with E-state index in [4.69, 9.17) is 13.9 Å². The summed E-state index contributed by atoms with van der Waals surface area (Å²) >= 11 is 0. The van der Waals surface area contributed by atoms with Crippen molar-refractivity contribution < 1.29 is 18.7 Å². The minimum Gasteiger partial charge on any atom is -0.487 e. The van der Waals surface area contributed by atoms with Crippen molar-refractivity contribution in [3.63, 3.8) is 0 Å². The standard InChI is InChI=1S/C19H22O5/c1-13(2)8-9-22-18-12-23-16(10-17(18)20)11-24-19(21)15-6-4-14(3)5-7-15/h4-7,10,12-13H,8-9,11H2,1-3H3. The Hall–Kier alpha value is -2.56. The minimum atomic E-state index is -0.463. The van der Waals surface area contributed by atoms with Crippen molar-refractivity contribution >= 4 is 5.97 Å². The Morgan fingerprint density at radius 3 is 2.54 bits per heavy atom.